The van der Waals surface area contributed by atoms with Crippen molar-refractivity contribution in [1.82, 2.24) is 25.8 Å². The molecule has 0 bridgehead atoms. The number of amides is 4. The minimum atomic E-state index is -0.754. The van der Waals surface area contributed by atoms with Crippen molar-refractivity contribution in [2.45, 2.75) is 64.6 Å². The fourth-order valence-electron chi connectivity index (χ4n) is 6.82. The van der Waals surface area contributed by atoms with Crippen LogP contribution >= 0.6 is 0 Å². The molecule has 0 spiro atoms. The Bertz CT molecular complexity index is 1420. The molecule has 0 radical (unpaired) electrons. The Balaban J connectivity index is 1.41. The molecule has 4 atom stereocenters. The summed E-state index contributed by atoms with van der Waals surface area (Å²) in [5.74, 6) is -0.158. The second kappa shape index (κ2) is 13.6. The Labute approximate surface area is 255 Å². The smallest absolute Gasteiger partial charge is 0.318 e. The third-order valence-electron chi connectivity index (χ3n) is 8.79. The molecule has 5 rings (SSSR count). The largest absolute Gasteiger partial charge is 0.356 e. The highest BCUT2D eigenvalue weighted by Gasteiger charge is 2.44. The fraction of sp³-hybridized carbons (Fsp3) is 0.457. The number of hydrogen-bond donors (Lipinski definition) is 3. The highest BCUT2D eigenvalue weighted by Crippen LogP contribution is 2.35. The first-order chi connectivity index (χ1) is 20.8. The van der Waals surface area contributed by atoms with Gasteiger partial charge in [-0.15, -0.1) is 0 Å². The van der Waals surface area contributed by atoms with Crippen LogP contribution in [0.3, 0.4) is 0 Å². The molecular weight excluding hydrogens is 538 g/mol. The van der Waals surface area contributed by atoms with E-state index in [1.54, 1.807) is 4.90 Å². The SMILES string of the molecule is CCNC(=O)[C@]1(Cc2ccccc2)CCCN(C(=O)C(Cc2ccc3ccccc3c2)NC(=O)N2CC(C)NC(C)C2)C1. The predicted molar refractivity (Wildman–Crippen MR) is 171 cm³/mol. The fourth-order valence-corrected chi connectivity index (χ4v) is 6.82. The van der Waals surface area contributed by atoms with Crippen molar-refractivity contribution >= 4 is 28.6 Å². The molecule has 0 aromatic heterocycles. The van der Waals surface area contributed by atoms with Crippen LogP contribution in [0.2, 0.25) is 0 Å². The normalized spacial score (nSPS) is 23.0. The molecule has 3 aromatic rings. The van der Waals surface area contributed by atoms with E-state index in [4.69, 9.17) is 0 Å². The number of nitrogens with one attached hydrogen (secondary N) is 3. The van der Waals surface area contributed by atoms with Gasteiger partial charge in [-0.25, -0.2) is 4.79 Å². The third kappa shape index (κ3) is 7.36. The molecule has 3 unspecified atom stereocenters. The van der Waals surface area contributed by atoms with Crippen molar-refractivity contribution in [3.8, 4) is 0 Å². The topological polar surface area (TPSA) is 93.8 Å². The lowest BCUT2D eigenvalue weighted by molar-refractivity contribution is -0.142. The number of urea groups is 1. The summed E-state index contributed by atoms with van der Waals surface area (Å²) in [5, 5.41) is 11.9. The standard InChI is InChI=1S/C35H45N5O3/c1-4-36-33(42)35(21-27-11-6-5-7-12-27)17-10-18-39(24-35)32(41)31(38-34(43)40-22-25(2)37-26(3)23-40)20-28-15-16-29-13-8-9-14-30(29)19-28/h5-9,11-16,19,25-26,31,37H,4,10,17-18,20-24H2,1-3H3,(H,36,42)(H,38,43)/t25?,26?,31?,35-/m0/s1. The molecule has 2 aliphatic rings. The van der Waals surface area contributed by atoms with Crippen LogP contribution in [0.1, 0.15) is 44.7 Å². The van der Waals surface area contributed by atoms with Crippen molar-refractivity contribution in [1.29, 1.82) is 0 Å². The molecule has 2 heterocycles. The van der Waals surface area contributed by atoms with E-state index in [1.807, 2.05) is 60.4 Å². The number of carbonyl (C=O) groups excluding carboxylic acids is 3. The number of hydrogen-bond acceptors (Lipinski definition) is 4. The van der Waals surface area contributed by atoms with Crippen molar-refractivity contribution in [2.24, 2.45) is 5.41 Å². The molecule has 8 heteroatoms. The molecular formula is C35H45N5O3. The van der Waals surface area contributed by atoms with E-state index in [2.05, 4.69) is 54.1 Å². The average Bonchev–Trinajstić information content (AvgIpc) is 3.00. The number of carbonyl (C=O) groups is 3. The van der Waals surface area contributed by atoms with Gasteiger partial charge in [0.2, 0.25) is 11.8 Å². The van der Waals surface area contributed by atoms with Gasteiger partial charge in [0.25, 0.3) is 0 Å². The maximum Gasteiger partial charge on any atom is 0.318 e. The van der Waals surface area contributed by atoms with Gasteiger partial charge in [0.15, 0.2) is 0 Å². The highest BCUT2D eigenvalue weighted by atomic mass is 16.2. The van der Waals surface area contributed by atoms with Crippen LogP contribution in [0.25, 0.3) is 10.8 Å². The number of likely N-dealkylation sites (tertiary alicyclic amines) is 1. The summed E-state index contributed by atoms with van der Waals surface area (Å²) in [5.41, 5.74) is 1.33. The first-order valence-corrected chi connectivity index (χ1v) is 15.7. The maximum atomic E-state index is 14.4. The Morgan fingerprint density at radius 1 is 0.907 bits per heavy atom. The third-order valence-corrected chi connectivity index (χ3v) is 8.79. The van der Waals surface area contributed by atoms with Crippen LogP contribution in [0.15, 0.2) is 72.8 Å². The highest BCUT2D eigenvalue weighted by molar-refractivity contribution is 5.90. The van der Waals surface area contributed by atoms with Crippen LogP contribution < -0.4 is 16.0 Å². The van der Waals surface area contributed by atoms with Crippen LogP contribution in [0.4, 0.5) is 4.79 Å². The molecule has 2 saturated heterocycles. The van der Waals surface area contributed by atoms with Crippen LogP contribution in [0.5, 0.6) is 0 Å². The quantitative estimate of drug-likeness (QED) is 0.372. The molecule has 0 aliphatic carbocycles. The Morgan fingerprint density at radius 3 is 2.33 bits per heavy atom. The molecule has 43 heavy (non-hydrogen) atoms. The van der Waals surface area contributed by atoms with E-state index >= 15 is 0 Å². The van der Waals surface area contributed by atoms with Crippen LogP contribution in [-0.4, -0.2) is 78.5 Å². The van der Waals surface area contributed by atoms with Gasteiger partial charge in [0.1, 0.15) is 6.04 Å². The Hall–Kier alpha value is -3.91. The van der Waals surface area contributed by atoms with Gasteiger partial charge in [0, 0.05) is 51.2 Å². The lowest BCUT2D eigenvalue weighted by Crippen LogP contribution is -2.62. The van der Waals surface area contributed by atoms with Crippen LogP contribution in [0, 0.1) is 5.41 Å². The molecule has 2 aliphatic heterocycles. The average molecular weight is 584 g/mol. The molecule has 228 valence electrons. The summed E-state index contributed by atoms with van der Waals surface area (Å²) in [4.78, 5) is 45.2. The van der Waals surface area contributed by atoms with E-state index in [0.29, 0.717) is 52.0 Å². The minimum Gasteiger partial charge on any atom is -0.356 e. The van der Waals surface area contributed by atoms with Crippen molar-refractivity contribution < 1.29 is 14.4 Å². The number of nitrogens with zero attached hydrogens (tertiary/aromatic N) is 2. The number of rotatable bonds is 8. The summed E-state index contributed by atoms with van der Waals surface area (Å²) < 4.78 is 0. The zero-order valence-corrected chi connectivity index (χ0v) is 25.6. The Morgan fingerprint density at radius 2 is 1.60 bits per heavy atom. The second-order valence-corrected chi connectivity index (χ2v) is 12.4. The van der Waals surface area contributed by atoms with Crippen molar-refractivity contribution in [3.05, 3.63) is 83.9 Å². The zero-order valence-electron chi connectivity index (χ0n) is 25.6. The van der Waals surface area contributed by atoms with E-state index < -0.39 is 11.5 Å². The molecule has 8 nitrogen and oxygen atoms in total. The first-order valence-electron chi connectivity index (χ1n) is 15.7. The summed E-state index contributed by atoms with van der Waals surface area (Å²) in [6, 6.07) is 23.7. The van der Waals surface area contributed by atoms with Crippen molar-refractivity contribution in [3.63, 3.8) is 0 Å². The second-order valence-electron chi connectivity index (χ2n) is 12.4. The lowest BCUT2D eigenvalue weighted by Gasteiger charge is -2.43. The summed E-state index contributed by atoms with van der Waals surface area (Å²) in [6.07, 6.45) is 2.35. The molecule has 0 saturated carbocycles. The van der Waals surface area contributed by atoms with Crippen molar-refractivity contribution in [2.75, 3.05) is 32.7 Å². The minimum absolute atomic E-state index is 0.0183. The number of fused-ring (bicyclic) bond motifs is 1. The van der Waals surface area contributed by atoms with E-state index in [0.717, 1.165) is 28.3 Å². The van der Waals surface area contributed by atoms with Gasteiger partial charge >= 0.3 is 6.03 Å². The van der Waals surface area contributed by atoms with Gasteiger partial charge < -0.3 is 25.8 Å². The van der Waals surface area contributed by atoms with Gasteiger partial charge in [0.05, 0.1) is 5.41 Å². The van der Waals surface area contributed by atoms with E-state index in [-0.39, 0.29) is 29.9 Å². The molecule has 3 aromatic carbocycles. The van der Waals surface area contributed by atoms with E-state index in [9.17, 15) is 14.4 Å². The Kier molecular flexibility index (Phi) is 9.65. The summed E-state index contributed by atoms with van der Waals surface area (Å²) in [7, 11) is 0. The molecule has 3 N–H and O–H groups in total. The monoisotopic (exact) mass is 583 g/mol. The number of piperazine rings is 1. The summed E-state index contributed by atoms with van der Waals surface area (Å²) in [6.45, 7) is 8.61. The van der Waals surface area contributed by atoms with Gasteiger partial charge in [-0.1, -0.05) is 72.8 Å². The first kappa shape index (κ1) is 30.5. The van der Waals surface area contributed by atoms with Crippen LogP contribution in [-0.2, 0) is 22.4 Å². The summed E-state index contributed by atoms with van der Waals surface area (Å²) >= 11 is 0. The zero-order chi connectivity index (χ0) is 30.4. The number of benzene rings is 3. The molecule has 4 amide bonds. The van der Waals surface area contributed by atoms with E-state index in [1.165, 1.54) is 0 Å². The van der Waals surface area contributed by atoms with Gasteiger partial charge in [-0.05, 0) is 61.9 Å². The predicted octanol–water partition coefficient (Wildman–Crippen LogP) is 4.13. The van der Waals surface area contributed by atoms with Gasteiger partial charge in [-0.3, -0.25) is 9.59 Å². The number of piperidine rings is 1. The molecule has 2 fully saturated rings. The van der Waals surface area contributed by atoms with Gasteiger partial charge in [-0.2, -0.15) is 0 Å². The maximum absolute atomic E-state index is 14.4. The lowest BCUT2D eigenvalue weighted by atomic mass is 9.74.